The van der Waals surface area contributed by atoms with E-state index < -0.39 is 0 Å². The minimum Gasteiger partial charge on any atom is -0.339 e. The minimum absolute atomic E-state index is 0.0647. The summed E-state index contributed by atoms with van der Waals surface area (Å²) >= 11 is 5.75. The zero-order chi connectivity index (χ0) is 15.4. The third kappa shape index (κ3) is 4.42. The lowest BCUT2D eigenvalue weighted by molar-refractivity contribution is 0.0666. The molecule has 0 radical (unpaired) electrons. The average molecular weight is 310 g/mol. The summed E-state index contributed by atoms with van der Waals surface area (Å²) in [6.07, 6.45) is 3.71. The molecule has 1 aromatic heterocycles. The van der Waals surface area contributed by atoms with E-state index in [1.807, 2.05) is 4.90 Å². The predicted octanol–water partition coefficient (Wildman–Crippen LogP) is 2.93. The first kappa shape index (κ1) is 16.2. The number of aromatic nitrogens is 1. The number of carbonyl (C=O) groups excluding carboxylic acids is 1. The lowest BCUT2D eigenvalue weighted by Gasteiger charge is -2.35. The zero-order valence-corrected chi connectivity index (χ0v) is 13.8. The highest BCUT2D eigenvalue weighted by molar-refractivity contribution is 6.29. The Morgan fingerprint density at radius 2 is 2.10 bits per heavy atom. The Kier molecular flexibility index (Phi) is 5.59. The summed E-state index contributed by atoms with van der Waals surface area (Å²) in [5, 5.41) is 0.419. The Balaban J connectivity index is 1.86. The standard InChI is InChI=1S/C16H24ClN3O/c1-12(2)19(3)11-13-6-8-20(9-7-13)16(21)14-4-5-15(17)18-10-14/h4-5,10,12-13H,6-9,11H2,1-3H3. The molecule has 1 aliphatic rings. The van der Waals surface area contributed by atoms with Gasteiger partial charge in [-0.2, -0.15) is 0 Å². The molecule has 0 bridgehead atoms. The van der Waals surface area contributed by atoms with Crippen LogP contribution in [0.4, 0.5) is 0 Å². The van der Waals surface area contributed by atoms with E-state index in [0.717, 1.165) is 32.5 Å². The van der Waals surface area contributed by atoms with Crippen molar-refractivity contribution in [2.24, 2.45) is 5.92 Å². The molecule has 116 valence electrons. The van der Waals surface area contributed by atoms with E-state index in [4.69, 9.17) is 11.6 Å². The molecule has 2 heterocycles. The van der Waals surface area contributed by atoms with E-state index in [0.29, 0.717) is 22.7 Å². The van der Waals surface area contributed by atoms with Crippen LogP contribution in [-0.2, 0) is 0 Å². The van der Waals surface area contributed by atoms with Crippen molar-refractivity contribution in [3.8, 4) is 0 Å². The molecule has 21 heavy (non-hydrogen) atoms. The second kappa shape index (κ2) is 7.23. The fraction of sp³-hybridized carbons (Fsp3) is 0.625. The van der Waals surface area contributed by atoms with Crippen LogP contribution in [0, 0.1) is 5.92 Å². The van der Waals surface area contributed by atoms with E-state index in [1.54, 1.807) is 18.3 Å². The molecular formula is C16H24ClN3O. The van der Waals surface area contributed by atoms with Crippen LogP contribution in [0.3, 0.4) is 0 Å². The highest BCUT2D eigenvalue weighted by atomic mass is 35.5. The molecule has 0 aromatic carbocycles. The van der Waals surface area contributed by atoms with Crippen LogP contribution in [0.5, 0.6) is 0 Å². The number of rotatable bonds is 4. The summed E-state index contributed by atoms with van der Waals surface area (Å²) in [7, 11) is 2.17. The Morgan fingerprint density at radius 3 is 2.62 bits per heavy atom. The fourth-order valence-electron chi connectivity index (χ4n) is 2.62. The maximum absolute atomic E-state index is 12.4. The van der Waals surface area contributed by atoms with Crippen LogP contribution < -0.4 is 0 Å². The van der Waals surface area contributed by atoms with Crippen LogP contribution in [0.2, 0.25) is 5.15 Å². The van der Waals surface area contributed by atoms with Gasteiger partial charge in [0, 0.05) is 31.9 Å². The largest absolute Gasteiger partial charge is 0.339 e. The fourth-order valence-corrected chi connectivity index (χ4v) is 2.73. The summed E-state index contributed by atoms with van der Waals surface area (Å²) in [6.45, 7) is 7.21. The maximum Gasteiger partial charge on any atom is 0.255 e. The topological polar surface area (TPSA) is 36.4 Å². The highest BCUT2D eigenvalue weighted by Gasteiger charge is 2.24. The number of nitrogens with zero attached hydrogens (tertiary/aromatic N) is 3. The number of carbonyl (C=O) groups is 1. The summed E-state index contributed by atoms with van der Waals surface area (Å²) < 4.78 is 0. The molecule has 1 aromatic rings. The monoisotopic (exact) mass is 309 g/mol. The third-order valence-corrected chi connectivity index (χ3v) is 4.53. The maximum atomic E-state index is 12.4. The van der Waals surface area contributed by atoms with Crippen molar-refractivity contribution in [2.75, 3.05) is 26.7 Å². The Labute approximate surface area is 132 Å². The van der Waals surface area contributed by atoms with Crippen molar-refractivity contribution in [2.45, 2.75) is 32.7 Å². The van der Waals surface area contributed by atoms with Gasteiger partial charge >= 0.3 is 0 Å². The van der Waals surface area contributed by atoms with Gasteiger partial charge < -0.3 is 9.80 Å². The van der Waals surface area contributed by atoms with Gasteiger partial charge in [-0.15, -0.1) is 0 Å². The second-order valence-corrected chi connectivity index (χ2v) is 6.53. The number of halogens is 1. The van der Waals surface area contributed by atoms with Crippen LogP contribution in [0.25, 0.3) is 0 Å². The van der Waals surface area contributed by atoms with E-state index in [9.17, 15) is 4.79 Å². The average Bonchev–Trinajstić information content (AvgIpc) is 2.48. The number of likely N-dealkylation sites (tertiary alicyclic amines) is 1. The molecule has 5 heteroatoms. The Hall–Kier alpha value is -1.13. The lowest BCUT2D eigenvalue weighted by atomic mass is 9.95. The smallest absolute Gasteiger partial charge is 0.255 e. The molecule has 1 fully saturated rings. The molecular weight excluding hydrogens is 286 g/mol. The van der Waals surface area contributed by atoms with Crippen molar-refractivity contribution >= 4 is 17.5 Å². The Morgan fingerprint density at radius 1 is 1.43 bits per heavy atom. The summed E-state index contributed by atoms with van der Waals surface area (Å²) in [5.41, 5.74) is 0.622. The molecule has 0 saturated carbocycles. The van der Waals surface area contributed by atoms with E-state index in [2.05, 4.69) is 30.8 Å². The second-order valence-electron chi connectivity index (χ2n) is 6.14. The van der Waals surface area contributed by atoms with Crippen molar-refractivity contribution in [3.63, 3.8) is 0 Å². The van der Waals surface area contributed by atoms with Gasteiger partial charge in [0.15, 0.2) is 0 Å². The zero-order valence-electron chi connectivity index (χ0n) is 13.1. The van der Waals surface area contributed by atoms with Gasteiger partial charge in [-0.25, -0.2) is 4.98 Å². The summed E-state index contributed by atoms with van der Waals surface area (Å²) in [6, 6.07) is 3.99. The number of hydrogen-bond donors (Lipinski definition) is 0. The molecule has 0 spiro atoms. The highest BCUT2D eigenvalue weighted by Crippen LogP contribution is 2.20. The van der Waals surface area contributed by atoms with Crippen LogP contribution in [0.15, 0.2) is 18.3 Å². The van der Waals surface area contributed by atoms with Gasteiger partial charge in [-0.05, 0) is 51.8 Å². The van der Waals surface area contributed by atoms with Crippen LogP contribution in [-0.4, -0.2) is 53.4 Å². The van der Waals surface area contributed by atoms with Gasteiger partial charge in [0.2, 0.25) is 0 Å². The van der Waals surface area contributed by atoms with Gasteiger partial charge in [0.05, 0.1) is 5.56 Å². The van der Waals surface area contributed by atoms with Gasteiger partial charge in [-0.1, -0.05) is 11.6 Å². The normalized spacial score (nSPS) is 16.8. The summed E-state index contributed by atoms with van der Waals surface area (Å²) in [4.78, 5) is 20.7. The van der Waals surface area contributed by atoms with Gasteiger partial charge in [-0.3, -0.25) is 4.79 Å². The molecule has 1 saturated heterocycles. The Bertz CT molecular complexity index is 467. The molecule has 4 nitrogen and oxygen atoms in total. The number of pyridine rings is 1. The van der Waals surface area contributed by atoms with Crippen molar-refractivity contribution in [1.82, 2.24) is 14.8 Å². The number of amides is 1. The number of hydrogen-bond acceptors (Lipinski definition) is 3. The van der Waals surface area contributed by atoms with Gasteiger partial charge in [0.1, 0.15) is 5.15 Å². The molecule has 1 aliphatic heterocycles. The van der Waals surface area contributed by atoms with Crippen molar-refractivity contribution in [3.05, 3.63) is 29.0 Å². The third-order valence-electron chi connectivity index (χ3n) is 4.30. The van der Waals surface area contributed by atoms with Gasteiger partial charge in [0.25, 0.3) is 5.91 Å². The van der Waals surface area contributed by atoms with E-state index >= 15 is 0 Å². The first-order chi connectivity index (χ1) is 9.97. The van der Waals surface area contributed by atoms with E-state index in [-0.39, 0.29) is 5.91 Å². The minimum atomic E-state index is 0.0647. The predicted molar refractivity (Wildman–Crippen MR) is 85.6 cm³/mol. The first-order valence-corrected chi connectivity index (χ1v) is 7.96. The molecule has 1 amide bonds. The quantitative estimate of drug-likeness (QED) is 0.802. The summed E-state index contributed by atoms with van der Waals surface area (Å²) in [5.74, 6) is 0.750. The SMILES string of the molecule is CC(C)N(C)CC1CCN(C(=O)c2ccc(Cl)nc2)CC1. The molecule has 0 atom stereocenters. The molecule has 0 unspecified atom stereocenters. The van der Waals surface area contributed by atoms with Crippen molar-refractivity contribution < 1.29 is 4.79 Å². The molecule has 2 rings (SSSR count). The lowest BCUT2D eigenvalue weighted by Crippen LogP contribution is -2.42. The van der Waals surface area contributed by atoms with E-state index in [1.165, 1.54) is 0 Å². The van der Waals surface area contributed by atoms with Crippen LogP contribution in [0.1, 0.15) is 37.0 Å². The molecule has 0 N–H and O–H groups in total. The van der Waals surface area contributed by atoms with Crippen LogP contribution >= 0.6 is 11.6 Å². The molecule has 0 aliphatic carbocycles. The van der Waals surface area contributed by atoms with Crippen molar-refractivity contribution in [1.29, 1.82) is 0 Å². The number of piperidine rings is 1. The first-order valence-electron chi connectivity index (χ1n) is 7.58.